The Morgan fingerprint density at radius 1 is 1.41 bits per heavy atom. The molecular formula is C13H14ClN5OS2. The average molecular weight is 356 g/mol. The number of nitrogens with zero attached hydrogens (tertiary/aromatic N) is 2. The van der Waals surface area contributed by atoms with Crippen molar-refractivity contribution in [3.63, 3.8) is 0 Å². The SMILES string of the molecule is C[S+]([O-])c1ccc(CSc2cc(N)nc(N)c2N=N)c(Cl)c1. The number of nitrogen functional groups attached to an aromatic ring is 2. The number of thioether (sulfide) groups is 1. The van der Waals surface area contributed by atoms with Crippen LogP contribution in [0, 0.1) is 5.53 Å². The Balaban J connectivity index is 2.22. The third-order valence-corrected chi connectivity index (χ3v) is 5.20. The monoisotopic (exact) mass is 355 g/mol. The van der Waals surface area contributed by atoms with E-state index < -0.39 is 11.2 Å². The molecule has 6 nitrogen and oxygen atoms in total. The molecule has 0 amide bonds. The molecule has 5 N–H and O–H groups in total. The maximum absolute atomic E-state index is 11.4. The van der Waals surface area contributed by atoms with E-state index in [1.54, 1.807) is 24.5 Å². The predicted molar refractivity (Wildman–Crippen MR) is 91.2 cm³/mol. The van der Waals surface area contributed by atoms with Crippen molar-refractivity contribution in [3.8, 4) is 0 Å². The Bertz CT molecular complexity index is 711. The first-order valence-electron chi connectivity index (χ1n) is 6.10. The van der Waals surface area contributed by atoms with Gasteiger partial charge in [0.15, 0.2) is 10.7 Å². The van der Waals surface area contributed by atoms with Gasteiger partial charge in [0.25, 0.3) is 0 Å². The first-order chi connectivity index (χ1) is 10.4. The lowest BCUT2D eigenvalue weighted by molar-refractivity contribution is 0.601. The second-order valence-corrected chi connectivity index (χ2v) is 7.19. The van der Waals surface area contributed by atoms with Gasteiger partial charge in [0.1, 0.15) is 17.8 Å². The smallest absolute Gasteiger partial charge is 0.154 e. The summed E-state index contributed by atoms with van der Waals surface area (Å²) >= 11 is 6.54. The number of pyridine rings is 1. The Labute approximate surface area is 140 Å². The molecule has 0 aliphatic carbocycles. The summed E-state index contributed by atoms with van der Waals surface area (Å²) in [7, 11) is 0. The zero-order valence-corrected chi connectivity index (χ0v) is 14.1. The largest absolute Gasteiger partial charge is 0.612 e. The highest BCUT2D eigenvalue weighted by molar-refractivity contribution is 7.98. The van der Waals surface area contributed by atoms with E-state index in [1.165, 1.54) is 11.8 Å². The van der Waals surface area contributed by atoms with E-state index in [9.17, 15) is 4.55 Å². The number of aromatic nitrogens is 1. The molecule has 2 rings (SSSR count). The maximum atomic E-state index is 11.4. The highest BCUT2D eigenvalue weighted by Gasteiger charge is 2.12. The van der Waals surface area contributed by atoms with Crippen LogP contribution >= 0.6 is 23.4 Å². The van der Waals surface area contributed by atoms with Crippen LogP contribution in [-0.2, 0) is 16.9 Å². The van der Waals surface area contributed by atoms with Crippen molar-refractivity contribution >= 4 is 51.9 Å². The van der Waals surface area contributed by atoms with E-state index in [1.807, 2.05) is 6.07 Å². The number of rotatable bonds is 5. The zero-order valence-electron chi connectivity index (χ0n) is 11.7. The zero-order chi connectivity index (χ0) is 16.3. The maximum Gasteiger partial charge on any atom is 0.154 e. The van der Waals surface area contributed by atoms with Crippen molar-refractivity contribution in [1.29, 1.82) is 5.53 Å². The molecule has 22 heavy (non-hydrogen) atoms. The van der Waals surface area contributed by atoms with Crippen LogP contribution in [0.25, 0.3) is 0 Å². The lowest BCUT2D eigenvalue weighted by Gasteiger charge is -2.10. The number of nitrogens with one attached hydrogen (secondary N) is 1. The first-order valence-corrected chi connectivity index (χ1v) is 9.02. The van der Waals surface area contributed by atoms with E-state index in [-0.39, 0.29) is 11.6 Å². The number of hydrogen-bond donors (Lipinski definition) is 3. The Morgan fingerprint density at radius 3 is 2.73 bits per heavy atom. The summed E-state index contributed by atoms with van der Waals surface area (Å²) < 4.78 is 11.4. The normalized spacial score (nSPS) is 12.1. The van der Waals surface area contributed by atoms with Gasteiger partial charge in [-0.25, -0.2) is 10.5 Å². The van der Waals surface area contributed by atoms with Gasteiger partial charge in [0.05, 0.1) is 0 Å². The minimum atomic E-state index is -1.07. The van der Waals surface area contributed by atoms with Crippen LogP contribution < -0.4 is 11.5 Å². The van der Waals surface area contributed by atoms with Gasteiger partial charge in [-0.1, -0.05) is 17.7 Å². The van der Waals surface area contributed by atoms with Crippen LogP contribution in [0.1, 0.15) is 5.56 Å². The molecule has 0 saturated carbocycles. The van der Waals surface area contributed by atoms with E-state index in [0.717, 1.165) is 5.56 Å². The quantitative estimate of drug-likeness (QED) is 0.429. The summed E-state index contributed by atoms with van der Waals surface area (Å²) in [6.45, 7) is 0. The highest BCUT2D eigenvalue weighted by Crippen LogP contribution is 2.37. The van der Waals surface area contributed by atoms with E-state index in [2.05, 4.69) is 10.1 Å². The van der Waals surface area contributed by atoms with Gasteiger partial charge in [-0.2, -0.15) is 5.11 Å². The summed E-state index contributed by atoms with van der Waals surface area (Å²) in [6.07, 6.45) is 1.60. The molecule has 0 fully saturated rings. The first kappa shape index (κ1) is 16.9. The van der Waals surface area contributed by atoms with Crippen LogP contribution in [0.4, 0.5) is 17.3 Å². The van der Waals surface area contributed by atoms with Crippen LogP contribution in [0.15, 0.2) is 39.2 Å². The minimum absolute atomic E-state index is 0.125. The average Bonchev–Trinajstić information content (AvgIpc) is 2.45. The van der Waals surface area contributed by atoms with Crippen LogP contribution in [0.3, 0.4) is 0 Å². The third-order valence-electron chi connectivity index (χ3n) is 2.86. The van der Waals surface area contributed by atoms with E-state index in [0.29, 0.717) is 26.3 Å². The Morgan fingerprint density at radius 2 is 2.14 bits per heavy atom. The Kier molecular flexibility index (Phi) is 5.52. The minimum Gasteiger partial charge on any atom is -0.612 e. The molecule has 116 valence electrons. The molecule has 0 spiro atoms. The molecular weight excluding hydrogens is 342 g/mol. The summed E-state index contributed by atoms with van der Waals surface area (Å²) in [4.78, 5) is 5.22. The second kappa shape index (κ2) is 7.19. The topological polar surface area (TPSA) is 124 Å². The van der Waals surface area contributed by atoms with Crippen molar-refractivity contribution in [2.75, 3.05) is 17.7 Å². The highest BCUT2D eigenvalue weighted by atomic mass is 35.5. The molecule has 0 saturated heterocycles. The number of nitrogens with two attached hydrogens (primary N) is 2. The van der Waals surface area contributed by atoms with Gasteiger partial charge >= 0.3 is 0 Å². The van der Waals surface area contributed by atoms with Crippen LogP contribution in [0.2, 0.25) is 5.02 Å². The van der Waals surface area contributed by atoms with E-state index >= 15 is 0 Å². The van der Waals surface area contributed by atoms with Crippen molar-refractivity contribution in [1.82, 2.24) is 4.98 Å². The summed E-state index contributed by atoms with van der Waals surface area (Å²) in [5.41, 5.74) is 19.7. The molecule has 1 unspecified atom stereocenters. The van der Waals surface area contributed by atoms with Gasteiger partial charge in [-0.15, -0.1) is 11.8 Å². The van der Waals surface area contributed by atoms with Gasteiger partial charge in [-0.05, 0) is 28.9 Å². The third kappa shape index (κ3) is 3.83. The van der Waals surface area contributed by atoms with E-state index in [4.69, 9.17) is 28.6 Å². The molecule has 0 radical (unpaired) electrons. The fourth-order valence-corrected chi connectivity index (χ4v) is 3.74. The van der Waals surface area contributed by atoms with Crippen molar-refractivity contribution in [2.24, 2.45) is 5.11 Å². The van der Waals surface area contributed by atoms with Crippen molar-refractivity contribution in [2.45, 2.75) is 15.5 Å². The molecule has 0 bridgehead atoms. The van der Waals surface area contributed by atoms with Gasteiger partial charge < -0.3 is 16.0 Å². The standard InChI is InChI=1S/C13H14ClN5OS2/c1-22(20)8-3-2-7(9(14)4-8)6-21-10-5-11(15)18-13(16)12(10)19-17/h2-5,17H,6H2,1H3,(H4,15,16,18). The predicted octanol–water partition coefficient (Wildman–Crippen LogP) is 3.59. The van der Waals surface area contributed by atoms with Crippen molar-refractivity contribution < 1.29 is 4.55 Å². The summed E-state index contributed by atoms with van der Waals surface area (Å²) in [6, 6.07) is 6.93. The molecule has 1 heterocycles. The summed E-state index contributed by atoms with van der Waals surface area (Å²) in [5, 5.41) is 3.94. The van der Waals surface area contributed by atoms with Crippen molar-refractivity contribution in [3.05, 3.63) is 34.9 Å². The molecule has 9 heteroatoms. The van der Waals surface area contributed by atoms with Gasteiger partial charge in [0, 0.05) is 21.7 Å². The Hall–Kier alpha value is -1.48. The van der Waals surface area contributed by atoms with Crippen LogP contribution in [-0.4, -0.2) is 15.8 Å². The lowest BCUT2D eigenvalue weighted by atomic mass is 10.2. The molecule has 1 aromatic carbocycles. The number of benzene rings is 1. The number of halogens is 1. The second-order valence-electron chi connectivity index (χ2n) is 4.39. The molecule has 2 aromatic rings. The van der Waals surface area contributed by atoms with Gasteiger partial charge in [0.2, 0.25) is 0 Å². The number of anilines is 2. The van der Waals surface area contributed by atoms with Crippen LogP contribution in [0.5, 0.6) is 0 Å². The summed E-state index contributed by atoms with van der Waals surface area (Å²) in [5.74, 6) is 0.941. The number of hydrogen-bond acceptors (Lipinski definition) is 7. The fourth-order valence-electron chi connectivity index (χ4n) is 1.76. The fraction of sp³-hybridized carbons (Fsp3) is 0.154. The molecule has 0 aliphatic heterocycles. The molecule has 1 atom stereocenters. The van der Waals surface area contributed by atoms with Gasteiger partial charge in [-0.3, -0.25) is 0 Å². The molecule has 1 aromatic heterocycles. The lowest BCUT2D eigenvalue weighted by Crippen LogP contribution is -1.98. The molecule has 0 aliphatic rings.